The van der Waals surface area contributed by atoms with Crippen molar-refractivity contribution < 1.29 is 9.53 Å². The highest BCUT2D eigenvalue weighted by Gasteiger charge is 2.06. The molecule has 3 rings (SSSR count). The normalized spacial score (nSPS) is 10.1. The Morgan fingerprint density at radius 1 is 0.821 bits per heavy atom. The van der Waals surface area contributed by atoms with Crippen LogP contribution in [0.5, 0.6) is 5.75 Å². The molecule has 3 aromatic carbocycles. The first-order chi connectivity index (χ1) is 13.7. The van der Waals surface area contributed by atoms with E-state index >= 15 is 0 Å². The molecule has 0 saturated carbocycles. The summed E-state index contributed by atoms with van der Waals surface area (Å²) in [6, 6.07) is 27.4. The summed E-state index contributed by atoms with van der Waals surface area (Å²) in [5.74, 6) is 0.663. The van der Waals surface area contributed by atoms with Crippen LogP contribution in [0.4, 0.5) is 5.69 Å². The van der Waals surface area contributed by atoms with Crippen LogP contribution in [0.25, 0.3) is 0 Å². The van der Waals surface area contributed by atoms with Gasteiger partial charge in [0.1, 0.15) is 12.4 Å². The largest absolute Gasteiger partial charge is 0.489 e. The number of carbonyl (C=O) groups is 1. The van der Waals surface area contributed by atoms with Crippen LogP contribution in [0, 0.1) is 0 Å². The number of carbonyl (C=O) groups excluding carboxylic acids is 1. The molecule has 0 aliphatic heterocycles. The van der Waals surface area contributed by atoms with Gasteiger partial charge in [0.2, 0.25) is 5.91 Å². The van der Waals surface area contributed by atoms with E-state index in [1.165, 1.54) is 0 Å². The second-order valence-corrected chi connectivity index (χ2v) is 6.69. The van der Waals surface area contributed by atoms with Crippen LogP contribution >= 0.6 is 12.2 Å². The van der Waals surface area contributed by atoms with Crippen molar-refractivity contribution in [2.24, 2.45) is 0 Å². The van der Waals surface area contributed by atoms with Crippen molar-refractivity contribution in [3.63, 3.8) is 0 Å². The second-order valence-electron chi connectivity index (χ2n) is 6.29. The number of hydrogen-bond donors (Lipinski definition) is 2. The van der Waals surface area contributed by atoms with Gasteiger partial charge in [0.15, 0.2) is 5.11 Å². The SMILES string of the molecule is O=C(CCc1ccccc1)NC(=S)Nc1ccc(OCc2ccccc2)cc1. The summed E-state index contributed by atoms with van der Waals surface area (Å²) in [5.41, 5.74) is 3.03. The fourth-order valence-electron chi connectivity index (χ4n) is 2.63. The number of rotatable bonds is 7. The van der Waals surface area contributed by atoms with Gasteiger partial charge in [-0.3, -0.25) is 4.79 Å². The molecule has 0 radical (unpaired) electrons. The van der Waals surface area contributed by atoms with E-state index in [-0.39, 0.29) is 11.0 Å². The van der Waals surface area contributed by atoms with Gasteiger partial charge >= 0.3 is 0 Å². The lowest BCUT2D eigenvalue weighted by Crippen LogP contribution is -2.34. The fraction of sp³-hybridized carbons (Fsp3) is 0.130. The molecule has 0 bridgehead atoms. The minimum Gasteiger partial charge on any atom is -0.489 e. The first kappa shape index (κ1) is 19.6. The monoisotopic (exact) mass is 390 g/mol. The average Bonchev–Trinajstić information content (AvgIpc) is 2.73. The third kappa shape index (κ3) is 6.52. The molecule has 0 unspecified atom stereocenters. The van der Waals surface area contributed by atoms with Crippen molar-refractivity contribution in [3.8, 4) is 5.75 Å². The van der Waals surface area contributed by atoms with Gasteiger partial charge in [-0.15, -0.1) is 0 Å². The molecule has 142 valence electrons. The van der Waals surface area contributed by atoms with Crippen molar-refractivity contribution >= 4 is 28.9 Å². The van der Waals surface area contributed by atoms with Gasteiger partial charge in [0.25, 0.3) is 0 Å². The molecule has 28 heavy (non-hydrogen) atoms. The van der Waals surface area contributed by atoms with E-state index in [9.17, 15) is 4.79 Å². The topological polar surface area (TPSA) is 50.4 Å². The smallest absolute Gasteiger partial charge is 0.226 e. The summed E-state index contributed by atoms with van der Waals surface area (Å²) >= 11 is 5.22. The molecular formula is C23H22N2O2S. The van der Waals surface area contributed by atoms with Crippen LogP contribution in [0.1, 0.15) is 17.5 Å². The lowest BCUT2D eigenvalue weighted by molar-refractivity contribution is -0.119. The van der Waals surface area contributed by atoms with E-state index in [1.54, 1.807) is 0 Å². The Balaban J connectivity index is 1.41. The maximum atomic E-state index is 12.0. The molecule has 0 fully saturated rings. The van der Waals surface area contributed by atoms with E-state index in [0.29, 0.717) is 19.4 Å². The number of thiocarbonyl (C=S) groups is 1. The zero-order chi connectivity index (χ0) is 19.6. The highest BCUT2D eigenvalue weighted by atomic mass is 32.1. The molecule has 0 saturated heterocycles. The van der Waals surface area contributed by atoms with E-state index in [2.05, 4.69) is 10.6 Å². The van der Waals surface area contributed by atoms with Crippen LogP contribution in [0.2, 0.25) is 0 Å². The van der Waals surface area contributed by atoms with Gasteiger partial charge in [-0.1, -0.05) is 60.7 Å². The van der Waals surface area contributed by atoms with Crippen LogP contribution in [-0.2, 0) is 17.8 Å². The minimum absolute atomic E-state index is 0.107. The summed E-state index contributed by atoms with van der Waals surface area (Å²) in [6.07, 6.45) is 1.07. The highest BCUT2D eigenvalue weighted by Crippen LogP contribution is 2.17. The van der Waals surface area contributed by atoms with E-state index < -0.39 is 0 Å². The summed E-state index contributed by atoms with van der Waals surface area (Å²) in [6.45, 7) is 0.517. The number of amides is 1. The molecule has 3 aromatic rings. The molecule has 0 aliphatic carbocycles. The van der Waals surface area contributed by atoms with Crippen LogP contribution in [0.3, 0.4) is 0 Å². The Morgan fingerprint density at radius 2 is 1.43 bits per heavy atom. The zero-order valence-corrected chi connectivity index (χ0v) is 16.2. The average molecular weight is 391 g/mol. The number of hydrogen-bond acceptors (Lipinski definition) is 3. The van der Waals surface area contributed by atoms with Crippen LogP contribution in [-0.4, -0.2) is 11.0 Å². The number of benzene rings is 3. The Morgan fingerprint density at radius 3 is 2.07 bits per heavy atom. The Labute approximate surface area is 170 Å². The van der Waals surface area contributed by atoms with Crippen LogP contribution in [0.15, 0.2) is 84.9 Å². The van der Waals surface area contributed by atoms with Crippen molar-refractivity contribution in [2.45, 2.75) is 19.4 Å². The summed E-state index contributed by atoms with van der Waals surface area (Å²) < 4.78 is 5.76. The van der Waals surface area contributed by atoms with E-state index in [1.807, 2.05) is 84.9 Å². The Hall–Kier alpha value is -3.18. The molecule has 0 spiro atoms. The molecule has 0 aromatic heterocycles. The summed E-state index contributed by atoms with van der Waals surface area (Å²) in [4.78, 5) is 12.0. The molecule has 1 amide bonds. The lowest BCUT2D eigenvalue weighted by atomic mass is 10.1. The molecule has 2 N–H and O–H groups in total. The quantitative estimate of drug-likeness (QED) is 0.574. The second kappa shape index (κ2) is 10.2. The zero-order valence-electron chi connectivity index (χ0n) is 15.4. The molecule has 0 heterocycles. The van der Waals surface area contributed by atoms with Gasteiger partial charge in [0, 0.05) is 12.1 Å². The van der Waals surface area contributed by atoms with Crippen molar-refractivity contribution in [3.05, 3.63) is 96.1 Å². The molecule has 0 aliphatic rings. The maximum absolute atomic E-state index is 12.0. The standard InChI is InChI=1S/C23H22N2O2S/c26-22(16-11-18-7-3-1-4-8-18)25-23(28)24-20-12-14-21(15-13-20)27-17-19-9-5-2-6-10-19/h1-10,12-15H,11,16-17H2,(H2,24,25,26,28). The van der Waals surface area contributed by atoms with Crippen molar-refractivity contribution in [1.29, 1.82) is 0 Å². The Bertz CT molecular complexity index is 897. The molecular weight excluding hydrogens is 368 g/mol. The predicted octanol–water partition coefficient (Wildman–Crippen LogP) is 4.71. The lowest BCUT2D eigenvalue weighted by Gasteiger charge is -2.11. The third-order valence-corrected chi connectivity index (χ3v) is 4.30. The van der Waals surface area contributed by atoms with Crippen LogP contribution < -0.4 is 15.4 Å². The van der Waals surface area contributed by atoms with Crippen molar-refractivity contribution in [1.82, 2.24) is 5.32 Å². The van der Waals surface area contributed by atoms with Gasteiger partial charge in [0.05, 0.1) is 0 Å². The van der Waals surface area contributed by atoms with E-state index in [4.69, 9.17) is 17.0 Å². The third-order valence-electron chi connectivity index (χ3n) is 4.10. The molecule has 4 nitrogen and oxygen atoms in total. The predicted molar refractivity (Wildman–Crippen MR) is 116 cm³/mol. The molecule has 5 heteroatoms. The maximum Gasteiger partial charge on any atom is 0.226 e. The highest BCUT2D eigenvalue weighted by molar-refractivity contribution is 7.80. The molecule has 0 atom stereocenters. The summed E-state index contributed by atoms with van der Waals surface area (Å²) in [7, 11) is 0. The Kier molecular flexibility index (Phi) is 7.15. The number of aryl methyl sites for hydroxylation is 1. The van der Waals surface area contributed by atoms with Gasteiger partial charge in [-0.05, 0) is 54.0 Å². The first-order valence-electron chi connectivity index (χ1n) is 9.10. The summed E-state index contributed by atoms with van der Waals surface area (Å²) in [5, 5.41) is 6.01. The first-order valence-corrected chi connectivity index (χ1v) is 9.51. The number of nitrogens with one attached hydrogen (secondary N) is 2. The van der Waals surface area contributed by atoms with Crippen molar-refractivity contribution in [2.75, 3.05) is 5.32 Å². The number of anilines is 1. The minimum atomic E-state index is -0.107. The van der Waals surface area contributed by atoms with Gasteiger partial charge in [-0.2, -0.15) is 0 Å². The van der Waals surface area contributed by atoms with E-state index in [0.717, 1.165) is 22.6 Å². The van der Waals surface area contributed by atoms with Gasteiger partial charge < -0.3 is 15.4 Å². The fourth-order valence-corrected chi connectivity index (χ4v) is 2.86. The van der Waals surface area contributed by atoms with Gasteiger partial charge in [-0.25, -0.2) is 0 Å². The number of ether oxygens (including phenoxy) is 1.